The van der Waals surface area contributed by atoms with Crippen molar-refractivity contribution < 1.29 is 9.90 Å². The minimum atomic E-state index is -1.11. The summed E-state index contributed by atoms with van der Waals surface area (Å²) in [6, 6.07) is 0. The van der Waals surface area contributed by atoms with Crippen LogP contribution in [0, 0.1) is 5.41 Å². The lowest BCUT2D eigenvalue weighted by atomic mass is 9.85. The molecule has 21 heavy (non-hydrogen) atoms. The Labute approximate surface area is 127 Å². The van der Waals surface area contributed by atoms with Crippen molar-refractivity contribution in [1.29, 1.82) is 0 Å². The van der Waals surface area contributed by atoms with Gasteiger partial charge < -0.3 is 10.4 Å². The van der Waals surface area contributed by atoms with Gasteiger partial charge in [0.25, 0.3) is 0 Å². The van der Waals surface area contributed by atoms with Gasteiger partial charge in [0.05, 0.1) is 12.7 Å². The van der Waals surface area contributed by atoms with Crippen molar-refractivity contribution in [3.8, 4) is 0 Å². The zero-order chi connectivity index (χ0) is 16.1. The van der Waals surface area contributed by atoms with E-state index in [4.69, 9.17) is 0 Å². The maximum absolute atomic E-state index is 12.3. The van der Waals surface area contributed by atoms with Gasteiger partial charge in [-0.1, -0.05) is 40.0 Å². The molecule has 1 atom stereocenters. The van der Waals surface area contributed by atoms with Gasteiger partial charge in [0.15, 0.2) is 0 Å². The minimum absolute atomic E-state index is 0.0113. The SMILES string of the molecule is CCCCCC(C)(C)C(=O)NC[C@@](C)(O)c1cnn(C)c1. The minimum Gasteiger partial charge on any atom is -0.383 e. The third-order valence-corrected chi connectivity index (χ3v) is 3.94. The number of nitrogens with one attached hydrogen (secondary N) is 1. The van der Waals surface area contributed by atoms with E-state index < -0.39 is 11.0 Å². The van der Waals surface area contributed by atoms with E-state index >= 15 is 0 Å². The molecule has 0 aliphatic rings. The van der Waals surface area contributed by atoms with Crippen molar-refractivity contribution in [3.63, 3.8) is 0 Å². The summed E-state index contributed by atoms with van der Waals surface area (Å²) in [5, 5.41) is 17.4. The quantitative estimate of drug-likeness (QED) is 0.723. The molecule has 0 saturated carbocycles. The highest BCUT2D eigenvalue weighted by Gasteiger charge is 2.30. The summed E-state index contributed by atoms with van der Waals surface area (Å²) >= 11 is 0. The van der Waals surface area contributed by atoms with Crippen LogP contribution in [0.3, 0.4) is 0 Å². The molecule has 0 fully saturated rings. The molecule has 120 valence electrons. The molecule has 1 aromatic rings. The van der Waals surface area contributed by atoms with Crippen LogP contribution in [0.4, 0.5) is 0 Å². The van der Waals surface area contributed by atoms with E-state index in [1.165, 1.54) is 0 Å². The average molecular weight is 295 g/mol. The Morgan fingerprint density at radius 2 is 2.05 bits per heavy atom. The number of carbonyl (C=O) groups is 1. The van der Waals surface area contributed by atoms with Gasteiger partial charge in [-0.25, -0.2) is 0 Å². The number of aliphatic hydroxyl groups is 1. The zero-order valence-electron chi connectivity index (χ0n) is 13.9. The maximum atomic E-state index is 12.3. The second-order valence-corrected chi connectivity index (χ2v) is 6.70. The lowest BCUT2D eigenvalue weighted by molar-refractivity contribution is -0.131. The van der Waals surface area contributed by atoms with Crippen molar-refractivity contribution >= 4 is 5.91 Å². The molecule has 0 aliphatic heterocycles. The number of nitrogens with zero attached hydrogens (tertiary/aromatic N) is 2. The van der Waals surface area contributed by atoms with Gasteiger partial charge in [-0.05, 0) is 13.3 Å². The number of hydrogen-bond donors (Lipinski definition) is 2. The summed E-state index contributed by atoms with van der Waals surface area (Å²) in [7, 11) is 1.80. The van der Waals surface area contributed by atoms with Crippen molar-refractivity contribution in [3.05, 3.63) is 18.0 Å². The Balaban J connectivity index is 2.55. The van der Waals surface area contributed by atoms with Crippen LogP contribution >= 0.6 is 0 Å². The van der Waals surface area contributed by atoms with Gasteiger partial charge in [0.2, 0.25) is 5.91 Å². The Hall–Kier alpha value is -1.36. The van der Waals surface area contributed by atoms with Gasteiger partial charge >= 0.3 is 0 Å². The molecule has 1 amide bonds. The van der Waals surface area contributed by atoms with Gasteiger partial charge in [0, 0.05) is 24.2 Å². The fraction of sp³-hybridized carbons (Fsp3) is 0.750. The topological polar surface area (TPSA) is 67.2 Å². The zero-order valence-corrected chi connectivity index (χ0v) is 13.9. The maximum Gasteiger partial charge on any atom is 0.225 e. The Morgan fingerprint density at radius 3 is 2.57 bits per heavy atom. The standard InChI is InChI=1S/C16H29N3O2/c1-6-7-8-9-15(2,3)14(20)17-12-16(4,21)13-10-18-19(5)11-13/h10-11,21H,6-9,12H2,1-5H3,(H,17,20)/t16-/m1/s1. The van der Waals surface area contributed by atoms with Crippen molar-refractivity contribution in [1.82, 2.24) is 15.1 Å². The lowest BCUT2D eigenvalue weighted by Crippen LogP contribution is -2.44. The van der Waals surface area contributed by atoms with Crippen LogP contribution in [0.25, 0.3) is 0 Å². The fourth-order valence-electron chi connectivity index (χ4n) is 2.22. The molecule has 2 N–H and O–H groups in total. The molecule has 0 saturated heterocycles. The molecule has 0 aromatic carbocycles. The molecule has 0 aliphatic carbocycles. The molecule has 0 bridgehead atoms. The Morgan fingerprint density at radius 1 is 1.38 bits per heavy atom. The fourth-order valence-corrected chi connectivity index (χ4v) is 2.22. The molecular weight excluding hydrogens is 266 g/mol. The second kappa shape index (κ2) is 7.07. The van der Waals surface area contributed by atoms with Gasteiger partial charge in [-0.2, -0.15) is 5.10 Å². The summed E-state index contributed by atoms with van der Waals surface area (Å²) < 4.78 is 1.64. The average Bonchev–Trinajstić information content (AvgIpc) is 2.83. The van der Waals surface area contributed by atoms with Crippen LogP contribution in [-0.2, 0) is 17.4 Å². The number of aromatic nitrogens is 2. The molecule has 0 unspecified atom stereocenters. The largest absolute Gasteiger partial charge is 0.383 e. The number of hydrogen-bond acceptors (Lipinski definition) is 3. The van der Waals surface area contributed by atoms with E-state index in [2.05, 4.69) is 17.3 Å². The monoisotopic (exact) mass is 295 g/mol. The Bertz CT molecular complexity index is 464. The summed E-state index contributed by atoms with van der Waals surface area (Å²) in [6.45, 7) is 7.94. The molecule has 5 nitrogen and oxygen atoms in total. The highest BCUT2D eigenvalue weighted by molar-refractivity contribution is 5.81. The number of carbonyl (C=O) groups excluding carboxylic acids is 1. The van der Waals surface area contributed by atoms with E-state index in [-0.39, 0.29) is 12.5 Å². The van der Waals surface area contributed by atoms with Crippen molar-refractivity contribution in [2.24, 2.45) is 12.5 Å². The smallest absolute Gasteiger partial charge is 0.225 e. The molecule has 0 spiro atoms. The van der Waals surface area contributed by atoms with Gasteiger partial charge in [0.1, 0.15) is 5.60 Å². The molecule has 0 radical (unpaired) electrons. The number of amides is 1. The van der Waals surface area contributed by atoms with E-state index in [0.717, 1.165) is 25.7 Å². The van der Waals surface area contributed by atoms with Crippen LogP contribution in [0.1, 0.15) is 58.9 Å². The first-order valence-corrected chi connectivity index (χ1v) is 7.69. The molecule has 5 heteroatoms. The normalized spacial score (nSPS) is 14.8. The first-order chi connectivity index (χ1) is 9.69. The van der Waals surface area contributed by atoms with Crippen molar-refractivity contribution in [2.45, 2.75) is 59.0 Å². The van der Waals surface area contributed by atoms with E-state index in [1.807, 2.05) is 13.8 Å². The summed E-state index contributed by atoms with van der Waals surface area (Å²) in [4.78, 5) is 12.3. The predicted molar refractivity (Wildman–Crippen MR) is 83.7 cm³/mol. The highest BCUT2D eigenvalue weighted by atomic mass is 16.3. The van der Waals surface area contributed by atoms with Crippen LogP contribution in [0.5, 0.6) is 0 Å². The first kappa shape index (κ1) is 17.7. The molecule has 1 aromatic heterocycles. The van der Waals surface area contributed by atoms with E-state index in [1.54, 1.807) is 31.0 Å². The summed E-state index contributed by atoms with van der Waals surface area (Å²) in [6.07, 6.45) is 7.59. The number of unbranched alkanes of at least 4 members (excludes halogenated alkanes) is 2. The highest BCUT2D eigenvalue weighted by Crippen LogP contribution is 2.25. The second-order valence-electron chi connectivity index (χ2n) is 6.70. The molecule has 1 heterocycles. The lowest BCUT2D eigenvalue weighted by Gasteiger charge is -2.27. The number of aryl methyl sites for hydroxylation is 1. The third-order valence-electron chi connectivity index (χ3n) is 3.94. The van der Waals surface area contributed by atoms with Crippen LogP contribution in [0.2, 0.25) is 0 Å². The third kappa shape index (κ3) is 5.16. The predicted octanol–water partition coefficient (Wildman–Crippen LogP) is 2.35. The first-order valence-electron chi connectivity index (χ1n) is 7.69. The van der Waals surface area contributed by atoms with Crippen LogP contribution in [-0.4, -0.2) is 27.3 Å². The van der Waals surface area contributed by atoms with E-state index in [0.29, 0.717) is 5.56 Å². The summed E-state index contributed by atoms with van der Waals surface area (Å²) in [5.41, 5.74) is -0.807. The van der Waals surface area contributed by atoms with Crippen molar-refractivity contribution in [2.75, 3.05) is 6.54 Å². The van der Waals surface area contributed by atoms with Crippen LogP contribution in [0.15, 0.2) is 12.4 Å². The number of rotatable bonds is 8. The van der Waals surface area contributed by atoms with Gasteiger partial charge in [-0.3, -0.25) is 9.48 Å². The van der Waals surface area contributed by atoms with E-state index in [9.17, 15) is 9.90 Å². The van der Waals surface area contributed by atoms with Gasteiger partial charge in [-0.15, -0.1) is 0 Å². The molecule has 1 rings (SSSR count). The van der Waals surface area contributed by atoms with Crippen LogP contribution < -0.4 is 5.32 Å². The molecular formula is C16H29N3O2. The summed E-state index contributed by atoms with van der Waals surface area (Å²) in [5.74, 6) is -0.0113. The Kier molecular flexibility index (Phi) is 5.96.